The van der Waals surface area contributed by atoms with Crippen molar-refractivity contribution in [3.63, 3.8) is 0 Å². The minimum Gasteiger partial charge on any atom is -0.483 e. The van der Waals surface area contributed by atoms with E-state index in [1.807, 2.05) is 30.3 Å². The number of fused-ring (bicyclic) bond motifs is 1. The van der Waals surface area contributed by atoms with Crippen molar-refractivity contribution < 1.29 is 14.3 Å². The Morgan fingerprint density at radius 3 is 2.60 bits per heavy atom. The first kappa shape index (κ1) is 19.6. The highest BCUT2D eigenvalue weighted by Gasteiger charge is 2.13. The van der Waals surface area contributed by atoms with Crippen molar-refractivity contribution >= 4 is 39.1 Å². The average Bonchev–Trinajstić information content (AvgIpc) is 3.16. The van der Waals surface area contributed by atoms with E-state index in [1.165, 1.54) is 5.56 Å². The number of nitrogens with two attached hydrogens (primary N) is 1. The zero-order chi connectivity index (χ0) is 21.1. The number of hydrogen-bond acceptors (Lipinski definition) is 5. The van der Waals surface area contributed by atoms with Gasteiger partial charge in [-0.15, -0.1) is 11.3 Å². The van der Waals surface area contributed by atoms with Crippen molar-refractivity contribution in [1.29, 1.82) is 0 Å². The van der Waals surface area contributed by atoms with Gasteiger partial charge in [0.15, 0.2) is 6.61 Å². The maximum absolute atomic E-state index is 12.7. The minimum absolute atomic E-state index is 0.291. The number of nitrogens with zero attached hydrogens (tertiary/aromatic N) is 1. The lowest BCUT2D eigenvalue weighted by Crippen LogP contribution is -2.21. The normalized spacial score (nSPS) is 10.7. The lowest BCUT2D eigenvalue weighted by Gasteiger charge is -2.11. The number of anilines is 1. The summed E-state index contributed by atoms with van der Waals surface area (Å²) in [5, 5.41) is 3.78. The van der Waals surface area contributed by atoms with Crippen LogP contribution in [-0.4, -0.2) is 23.4 Å². The molecule has 6 nitrogen and oxygen atoms in total. The van der Waals surface area contributed by atoms with Crippen molar-refractivity contribution in [1.82, 2.24) is 4.98 Å². The lowest BCUT2D eigenvalue weighted by molar-refractivity contribution is -0.119. The predicted octanol–water partition coefficient (Wildman–Crippen LogP) is 4.39. The van der Waals surface area contributed by atoms with Crippen LogP contribution in [0.15, 0.2) is 66.7 Å². The molecule has 0 unspecified atom stereocenters. The number of para-hydroxylation sites is 1. The van der Waals surface area contributed by atoms with Gasteiger partial charge in [-0.05, 0) is 61.0 Å². The summed E-state index contributed by atoms with van der Waals surface area (Å²) in [5.74, 6) is -0.640. The van der Waals surface area contributed by atoms with Crippen molar-refractivity contribution in [2.45, 2.75) is 6.92 Å². The molecular weight excluding hydrogens is 398 g/mol. The van der Waals surface area contributed by atoms with Crippen molar-refractivity contribution in [3.05, 3.63) is 77.9 Å². The topological polar surface area (TPSA) is 94.3 Å². The molecule has 1 heterocycles. The summed E-state index contributed by atoms with van der Waals surface area (Å²) in [6.07, 6.45) is 0. The fourth-order valence-corrected chi connectivity index (χ4v) is 4.05. The first-order valence-corrected chi connectivity index (χ1v) is 10.1. The molecule has 7 heteroatoms. The number of amides is 2. The van der Waals surface area contributed by atoms with Gasteiger partial charge in [-0.25, -0.2) is 4.98 Å². The van der Waals surface area contributed by atoms with Crippen LogP contribution < -0.4 is 15.8 Å². The number of benzene rings is 3. The van der Waals surface area contributed by atoms with Gasteiger partial charge in [0, 0.05) is 11.3 Å². The van der Waals surface area contributed by atoms with E-state index in [0.717, 1.165) is 20.8 Å². The Hall–Kier alpha value is -3.71. The molecule has 0 spiro atoms. The van der Waals surface area contributed by atoms with Crippen LogP contribution in [0, 0.1) is 6.92 Å². The predicted molar refractivity (Wildman–Crippen MR) is 119 cm³/mol. The minimum atomic E-state index is -0.606. The van der Waals surface area contributed by atoms with Gasteiger partial charge in [-0.1, -0.05) is 18.2 Å². The summed E-state index contributed by atoms with van der Waals surface area (Å²) in [6, 6.07) is 20.4. The van der Waals surface area contributed by atoms with Crippen LogP contribution in [0.25, 0.3) is 20.8 Å². The second-order valence-corrected chi connectivity index (χ2v) is 7.80. The fraction of sp³-hybridized carbons (Fsp3) is 0.0870. The number of nitrogens with one attached hydrogen (secondary N) is 1. The van der Waals surface area contributed by atoms with Gasteiger partial charge >= 0.3 is 0 Å². The zero-order valence-electron chi connectivity index (χ0n) is 16.2. The maximum Gasteiger partial charge on any atom is 0.259 e. The molecule has 30 heavy (non-hydrogen) atoms. The Kier molecular flexibility index (Phi) is 5.45. The Morgan fingerprint density at radius 1 is 1.07 bits per heavy atom. The summed E-state index contributed by atoms with van der Waals surface area (Å²) in [6.45, 7) is 1.77. The number of ether oxygens (including phenoxy) is 1. The highest BCUT2D eigenvalue weighted by Crippen LogP contribution is 2.31. The summed E-state index contributed by atoms with van der Waals surface area (Å²) >= 11 is 1.64. The third kappa shape index (κ3) is 4.31. The third-order valence-corrected chi connectivity index (χ3v) is 5.50. The number of primary amides is 1. The number of aryl methyl sites for hydroxylation is 1. The van der Waals surface area contributed by atoms with Crippen LogP contribution >= 0.6 is 11.3 Å². The van der Waals surface area contributed by atoms with E-state index in [1.54, 1.807) is 35.6 Å². The lowest BCUT2D eigenvalue weighted by atomic mass is 10.1. The van der Waals surface area contributed by atoms with Gasteiger partial charge in [0.1, 0.15) is 10.8 Å². The molecule has 1 aromatic heterocycles. The highest BCUT2D eigenvalue weighted by molar-refractivity contribution is 7.21. The van der Waals surface area contributed by atoms with Crippen LogP contribution in [0.5, 0.6) is 5.75 Å². The number of thiazole rings is 1. The van der Waals surface area contributed by atoms with Crippen LogP contribution in [0.2, 0.25) is 0 Å². The number of aromatic nitrogens is 1. The van der Waals surface area contributed by atoms with Crippen LogP contribution in [0.3, 0.4) is 0 Å². The van der Waals surface area contributed by atoms with Crippen molar-refractivity contribution in [3.8, 4) is 16.3 Å². The van der Waals surface area contributed by atoms with Crippen LogP contribution in [-0.2, 0) is 4.79 Å². The van der Waals surface area contributed by atoms with E-state index >= 15 is 0 Å². The van der Waals surface area contributed by atoms with E-state index in [-0.39, 0.29) is 12.5 Å². The molecule has 0 radical (unpaired) electrons. The number of carbonyl (C=O) groups excluding carboxylic acids is 2. The van der Waals surface area contributed by atoms with E-state index in [2.05, 4.69) is 29.4 Å². The molecule has 0 aliphatic heterocycles. The molecule has 0 bridgehead atoms. The smallest absolute Gasteiger partial charge is 0.259 e. The molecule has 0 saturated carbocycles. The van der Waals surface area contributed by atoms with E-state index < -0.39 is 5.91 Å². The summed E-state index contributed by atoms with van der Waals surface area (Å²) < 4.78 is 6.48. The van der Waals surface area contributed by atoms with Gasteiger partial charge in [-0.2, -0.15) is 0 Å². The molecule has 2 amide bonds. The quantitative estimate of drug-likeness (QED) is 0.486. The zero-order valence-corrected chi connectivity index (χ0v) is 17.0. The summed E-state index contributed by atoms with van der Waals surface area (Å²) in [5.41, 5.74) is 9.25. The number of rotatable bonds is 6. The standard InChI is InChI=1S/C23H19N3O3S/c1-14-6-11-18-20(12-14)30-23(26-18)15-7-9-16(10-8-15)25-22(28)17-4-2-3-5-19(17)29-13-21(24)27/h2-12H,13H2,1H3,(H2,24,27)(H,25,28). The van der Waals surface area contributed by atoms with Crippen molar-refractivity contribution in [2.75, 3.05) is 11.9 Å². The molecule has 0 aliphatic rings. The second kappa shape index (κ2) is 8.34. The van der Waals surface area contributed by atoms with E-state index in [9.17, 15) is 9.59 Å². The Labute approximate surface area is 177 Å². The maximum atomic E-state index is 12.7. The molecule has 3 aromatic carbocycles. The molecular formula is C23H19N3O3S. The summed E-state index contributed by atoms with van der Waals surface area (Å²) in [4.78, 5) is 28.3. The van der Waals surface area contributed by atoms with Crippen molar-refractivity contribution in [2.24, 2.45) is 5.73 Å². The largest absolute Gasteiger partial charge is 0.483 e. The molecule has 0 saturated heterocycles. The monoisotopic (exact) mass is 417 g/mol. The molecule has 3 N–H and O–H groups in total. The first-order valence-electron chi connectivity index (χ1n) is 9.29. The Bertz CT molecular complexity index is 1230. The highest BCUT2D eigenvalue weighted by atomic mass is 32.1. The Morgan fingerprint density at radius 2 is 1.83 bits per heavy atom. The molecule has 150 valence electrons. The van der Waals surface area contributed by atoms with Crippen LogP contribution in [0.1, 0.15) is 15.9 Å². The average molecular weight is 417 g/mol. The molecule has 4 rings (SSSR count). The molecule has 4 aromatic rings. The van der Waals surface area contributed by atoms with Gasteiger partial charge in [0.05, 0.1) is 15.8 Å². The fourth-order valence-electron chi connectivity index (χ4n) is 2.98. The first-order chi connectivity index (χ1) is 14.5. The molecule has 0 aliphatic carbocycles. The number of carbonyl (C=O) groups is 2. The van der Waals surface area contributed by atoms with Crippen LogP contribution in [0.4, 0.5) is 5.69 Å². The van der Waals surface area contributed by atoms with Gasteiger partial charge in [0.25, 0.3) is 11.8 Å². The van der Waals surface area contributed by atoms with E-state index in [0.29, 0.717) is 17.0 Å². The van der Waals surface area contributed by atoms with E-state index in [4.69, 9.17) is 10.5 Å². The third-order valence-electron chi connectivity index (χ3n) is 4.44. The van der Waals surface area contributed by atoms with Gasteiger partial charge in [0.2, 0.25) is 0 Å². The van der Waals surface area contributed by atoms with Gasteiger partial charge < -0.3 is 15.8 Å². The molecule has 0 fully saturated rings. The number of hydrogen-bond donors (Lipinski definition) is 2. The Balaban J connectivity index is 1.51. The second-order valence-electron chi connectivity index (χ2n) is 6.77. The summed E-state index contributed by atoms with van der Waals surface area (Å²) in [7, 11) is 0. The molecule has 0 atom stereocenters. The van der Waals surface area contributed by atoms with Gasteiger partial charge in [-0.3, -0.25) is 9.59 Å². The SMILES string of the molecule is Cc1ccc2nc(-c3ccc(NC(=O)c4ccccc4OCC(N)=O)cc3)sc2c1.